The molecule has 0 atom stereocenters. The van der Waals surface area contributed by atoms with Gasteiger partial charge in [0.1, 0.15) is 0 Å². The molecular formula is C51H41N5OPt-2. The van der Waals surface area contributed by atoms with E-state index in [-0.39, 0.29) is 10.8 Å². The third-order valence-electron chi connectivity index (χ3n) is 11.7. The molecule has 11 aromatic rings. The molecule has 0 unspecified atom stereocenters. The molecular weight excluding hydrogens is 894 g/mol. The molecule has 6 aromatic carbocycles. The number of hydrogen-bond donors (Lipinski definition) is 0. The first-order valence-electron chi connectivity index (χ1n) is 21.0. The molecule has 0 fully saturated rings. The molecule has 0 aliphatic carbocycles. The van der Waals surface area contributed by atoms with E-state index in [9.17, 15) is 0 Å². The molecule has 0 N–H and O–H groups in total. The average Bonchev–Trinajstić information content (AvgIpc) is 3.92. The summed E-state index contributed by atoms with van der Waals surface area (Å²) < 4.78 is 40.5. The molecule has 0 spiro atoms. The van der Waals surface area contributed by atoms with E-state index in [4.69, 9.17) is 13.8 Å². The summed E-state index contributed by atoms with van der Waals surface area (Å²) in [6.45, 7) is 10.8. The first-order chi connectivity index (χ1) is 29.1. The van der Waals surface area contributed by atoms with Crippen molar-refractivity contribution in [2.45, 2.75) is 52.4 Å². The van der Waals surface area contributed by atoms with E-state index in [0.29, 0.717) is 26.5 Å². The molecule has 0 saturated carbocycles. The van der Waals surface area contributed by atoms with E-state index in [1.807, 2.05) is 47.2 Å². The molecule has 6 nitrogen and oxygen atoms in total. The molecule has 5 aromatic heterocycles. The summed E-state index contributed by atoms with van der Waals surface area (Å²) in [4.78, 5) is 5.00. The van der Waals surface area contributed by atoms with Crippen molar-refractivity contribution in [3.63, 3.8) is 0 Å². The Morgan fingerprint density at radius 2 is 1.29 bits per heavy atom. The predicted octanol–water partition coefficient (Wildman–Crippen LogP) is 12.7. The van der Waals surface area contributed by atoms with E-state index < -0.39 is 6.98 Å². The van der Waals surface area contributed by atoms with E-state index in [0.717, 1.165) is 44.2 Å². The van der Waals surface area contributed by atoms with Crippen LogP contribution in [0.4, 0.5) is 0 Å². The van der Waals surface area contributed by atoms with Gasteiger partial charge in [0, 0.05) is 27.7 Å². The number of hydrogen-bond acceptors (Lipinski definition) is 2. The Kier molecular flexibility index (Phi) is 6.78. The van der Waals surface area contributed by atoms with E-state index in [1.165, 1.54) is 42.7 Å². The predicted molar refractivity (Wildman–Crippen MR) is 234 cm³/mol. The van der Waals surface area contributed by atoms with Gasteiger partial charge in [0.25, 0.3) is 0 Å². The number of aryl methyl sites for hydroxylation is 1. The topological polar surface area (TPSA) is 41.3 Å². The van der Waals surface area contributed by atoms with Crippen molar-refractivity contribution >= 4 is 70.9 Å². The van der Waals surface area contributed by atoms with Gasteiger partial charge in [-0.2, -0.15) is 0 Å². The fraction of sp³-hybridized carbons (Fsp3) is 0.176. The average molecular weight is 938 g/mol. The summed E-state index contributed by atoms with van der Waals surface area (Å²) in [6, 6.07) is 47.2. The van der Waals surface area contributed by atoms with Crippen LogP contribution in [0.1, 0.15) is 56.8 Å². The molecule has 0 aliphatic rings. The number of rotatable bonds is 4. The zero-order valence-electron chi connectivity index (χ0n) is 36.0. The SMILES string of the molecule is [2H]C([2H])([2H])n1[c](=[Pt])n(-c2[c-]c(Oc3[c-]c4c(cc3)c3cc5c6cccc7c8ccccc8n(c5cc3n4-c3cc(C(C)(C)C)ccn3)c76)cc(C(C)(C)C)c2)c2ccccc21. The molecule has 0 saturated heterocycles. The summed E-state index contributed by atoms with van der Waals surface area (Å²) in [5.74, 6) is 1.83. The van der Waals surface area contributed by atoms with Crippen LogP contribution in [0.2, 0.25) is 0 Å². The molecule has 58 heavy (non-hydrogen) atoms. The minimum absolute atomic E-state index is 0.0930. The third-order valence-corrected chi connectivity index (χ3v) is 12.7. The Hall–Kier alpha value is -5.97. The summed E-state index contributed by atoms with van der Waals surface area (Å²) in [5.41, 5.74) is 9.36. The van der Waals surface area contributed by atoms with Crippen molar-refractivity contribution in [3.8, 4) is 23.0 Å². The maximum absolute atomic E-state index is 8.38. The number of para-hydroxylation sites is 4. The first-order valence-corrected chi connectivity index (χ1v) is 20.7. The number of fused-ring (bicyclic) bond motifs is 10. The molecule has 0 radical (unpaired) electrons. The number of benzene rings is 6. The second kappa shape index (κ2) is 12.3. The molecule has 7 heteroatoms. The number of pyridine rings is 1. The normalized spacial score (nSPS) is 13.8. The van der Waals surface area contributed by atoms with Gasteiger partial charge in [0.2, 0.25) is 0 Å². The van der Waals surface area contributed by atoms with Crippen LogP contribution in [0.25, 0.3) is 82.4 Å². The Balaban J connectivity index is 1.15. The second-order valence-corrected chi connectivity index (χ2v) is 18.4. The number of aromatic nitrogens is 5. The fourth-order valence-electron chi connectivity index (χ4n) is 8.75. The maximum atomic E-state index is 8.38. The summed E-state index contributed by atoms with van der Waals surface area (Å²) in [7, 11) is 0. The number of nitrogens with zero attached hydrogens (tertiary/aromatic N) is 5. The van der Waals surface area contributed by atoms with Crippen LogP contribution in [-0.4, -0.2) is 23.1 Å². The van der Waals surface area contributed by atoms with Gasteiger partial charge in [0.15, 0.2) is 0 Å². The monoisotopic (exact) mass is 937 g/mol. The van der Waals surface area contributed by atoms with Gasteiger partial charge in [-0.05, 0) is 23.1 Å². The Morgan fingerprint density at radius 3 is 2.07 bits per heavy atom. The zero-order chi connectivity index (χ0) is 42.3. The zero-order valence-corrected chi connectivity index (χ0v) is 35.3. The quantitative estimate of drug-likeness (QED) is 0.165. The summed E-state index contributed by atoms with van der Waals surface area (Å²) in [6.07, 6.45) is 1.90. The summed E-state index contributed by atoms with van der Waals surface area (Å²) >= 11 is 2.11. The Bertz CT molecular complexity index is 3670. The Morgan fingerprint density at radius 1 is 0.586 bits per heavy atom. The molecule has 0 aliphatic heterocycles. The third kappa shape index (κ3) is 5.14. The van der Waals surface area contributed by atoms with Gasteiger partial charge >= 0.3 is 224 Å². The van der Waals surface area contributed by atoms with Crippen LogP contribution < -0.4 is 4.74 Å². The van der Waals surface area contributed by atoms with Gasteiger partial charge in [-0.15, -0.1) is 0 Å². The van der Waals surface area contributed by atoms with Crippen molar-refractivity contribution in [2.24, 2.45) is 6.98 Å². The molecule has 5 heterocycles. The van der Waals surface area contributed by atoms with Gasteiger partial charge < -0.3 is 4.40 Å². The van der Waals surface area contributed by atoms with Crippen LogP contribution in [-0.2, 0) is 37.2 Å². The van der Waals surface area contributed by atoms with Crippen LogP contribution in [0.5, 0.6) is 11.5 Å². The van der Waals surface area contributed by atoms with Gasteiger partial charge in [0.05, 0.1) is 16.6 Å². The molecule has 288 valence electrons. The van der Waals surface area contributed by atoms with E-state index in [2.05, 4.69) is 161 Å². The van der Waals surface area contributed by atoms with Crippen LogP contribution in [0, 0.1) is 15.9 Å². The van der Waals surface area contributed by atoms with Crippen molar-refractivity contribution < 1.29 is 28.2 Å². The Labute approximate surface area is 351 Å². The summed E-state index contributed by atoms with van der Waals surface area (Å²) in [5, 5.41) is 7.06. The van der Waals surface area contributed by atoms with Crippen LogP contribution in [0.3, 0.4) is 0 Å². The second-order valence-electron chi connectivity index (χ2n) is 17.4. The van der Waals surface area contributed by atoms with Crippen molar-refractivity contribution in [1.29, 1.82) is 0 Å². The van der Waals surface area contributed by atoms with Gasteiger partial charge in [-0.25, -0.2) is 0 Å². The van der Waals surface area contributed by atoms with E-state index >= 15 is 0 Å². The molecule has 11 rings (SSSR count). The van der Waals surface area contributed by atoms with Crippen molar-refractivity contribution in [1.82, 2.24) is 23.1 Å². The van der Waals surface area contributed by atoms with Crippen LogP contribution >= 0.6 is 0 Å². The number of ether oxygens (including phenoxy) is 1. The van der Waals surface area contributed by atoms with Crippen molar-refractivity contribution in [3.05, 3.63) is 149 Å². The number of imidazole rings is 1. The standard InChI is InChI=1S/C51H41N5O.Pt/c1-50(2,3)31-21-22-52-48(25-31)55-45-27-34(57-35-24-32(51(4,5)6)23-33(26-35)54-30-53(7)43-17-10-11-18-44(43)54)19-20-37(45)40-28-41-39-15-12-14-38-36-13-8-9-16-42(36)56(49(38)39)47(41)29-46(40)55;/h8-25,28-29H,1-7H3;/q-2;/i7D3;. The van der Waals surface area contributed by atoms with Gasteiger partial charge in [-0.1, -0.05) is 57.2 Å². The van der Waals surface area contributed by atoms with Gasteiger partial charge in [-0.3, -0.25) is 0 Å². The van der Waals surface area contributed by atoms with Crippen LogP contribution in [0.15, 0.2) is 121 Å². The minimum atomic E-state index is -2.38. The van der Waals surface area contributed by atoms with E-state index in [1.54, 1.807) is 0 Å². The van der Waals surface area contributed by atoms with Crippen molar-refractivity contribution in [2.75, 3.05) is 0 Å². The first kappa shape index (κ1) is 32.0. The fourth-order valence-corrected chi connectivity index (χ4v) is 9.57. The molecule has 0 bridgehead atoms. The molecule has 0 amide bonds.